The van der Waals surface area contributed by atoms with Crippen molar-refractivity contribution >= 4 is 39.8 Å². The molecule has 1 aliphatic heterocycles. The van der Waals surface area contributed by atoms with Gasteiger partial charge in [0.25, 0.3) is 0 Å². The number of rotatable bonds is 7. The van der Waals surface area contributed by atoms with Crippen LogP contribution in [0.1, 0.15) is 26.3 Å². The quantitative estimate of drug-likeness (QED) is 0.420. The van der Waals surface area contributed by atoms with E-state index in [1.807, 2.05) is 6.92 Å². The highest BCUT2D eigenvalue weighted by molar-refractivity contribution is 8.13. The molecule has 3 N–H and O–H groups in total. The second-order valence-electron chi connectivity index (χ2n) is 6.03. The Kier molecular flexibility index (Phi) is 10.8. The minimum absolute atomic E-state index is 0. The first-order valence-corrected chi connectivity index (χ1v) is 10.2. The van der Waals surface area contributed by atoms with Gasteiger partial charge in [-0.2, -0.15) is 0 Å². The van der Waals surface area contributed by atoms with E-state index in [9.17, 15) is 0 Å². The average molecular weight is 397 g/mol. The zero-order valence-corrected chi connectivity index (χ0v) is 16.5. The molecule has 0 aromatic heterocycles. The third kappa shape index (κ3) is 7.61. The fraction of sp³-hybridized carbons (Fsp3) is 0.579. The van der Waals surface area contributed by atoms with Crippen molar-refractivity contribution in [3.63, 3.8) is 0 Å². The molecule has 0 radical (unpaired) electrons. The maximum absolute atomic E-state index is 8.93. The monoisotopic (exact) mass is 396 g/mol. The summed E-state index contributed by atoms with van der Waals surface area (Å²) >= 11 is 6.83. The number of nitrogens with two attached hydrogens (primary N) is 1. The second-order valence-corrected chi connectivity index (χ2v) is 7.78. The van der Waals surface area contributed by atoms with Gasteiger partial charge in [0, 0.05) is 51.4 Å². The lowest BCUT2D eigenvalue weighted by Gasteiger charge is -2.36. The van der Waals surface area contributed by atoms with E-state index in [4.69, 9.17) is 23.1 Å². The van der Waals surface area contributed by atoms with Crippen molar-refractivity contribution in [1.29, 1.82) is 0 Å². The highest BCUT2D eigenvalue weighted by Gasteiger charge is 2.16. The summed E-state index contributed by atoms with van der Waals surface area (Å²) in [6.45, 7) is 7.46. The Balaban J connectivity index is 0.00000338. The summed E-state index contributed by atoms with van der Waals surface area (Å²) in [6.07, 6.45) is 1.51. The molecule has 1 fully saturated rings. The molecule has 1 aliphatic rings. The van der Waals surface area contributed by atoms with E-state index >= 15 is 0 Å². The molecule has 146 valence electrons. The molecule has 2 rings (SSSR count). The number of hydrogen-bond acceptors (Lipinski definition) is 5. The number of amidine groups is 1. The molecule has 0 atom stereocenters. The number of aliphatic hydroxyl groups is 1. The number of hydrogen-bond donors (Lipinski definition) is 2. The Morgan fingerprint density at radius 2 is 1.88 bits per heavy atom. The van der Waals surface area contributed by atoms with Crippen molar-refractivity contribution in [1.82, 2.24) is 4.90 Å². The van der Waals surface area contributed by atoms with E-state index in [0.717, 1.165) is 50.5 Å². The second kappa shape index (κ2) is 12.3. The Morgan fingerprint density at radius 1 is 1.23 bits per heavy atom. The Bertz CT molecular complexity index is 569. The zero-order valence-electron chi connectivity index (χ0n) is 14.9. The number of aliphatic hydroxyl groups excluding tert-OH is 1. The van der Waals surface area contributed by atoms with Crippen molar-refractivity contribution in [2.24, 2.45) is 10.7 Å². The van der Waals surface area contributed by atoms with Crippen molar-refractivity contribution in [2.45, 2.75) is 27.2 Å². The van der Waals surface area contributed by atoms with Crippen LogP contribution in [-0.4, -0.2) is 65.2 Å². The lowest BCUT2D eigenvalue weighted by atomic mass is 10.1. The van der Waals surface area contributed by atoms with Crippen molar-refractivity contribution in [3.8, 4) is 0 Å². The van der Waals surface area contributed by atoms with E-state index < -0.39 is 0 Å². The van der Waals surface area contributed by atoms with Crippen LogP contribution in [0, 0.1) is 0 Å². The molecule has 7 heteroatoms. The zero-order chi connectivity index (χ0) is 18.1. The number of nitrogens with zero attached hydrogens (tertiary/aromatic N) is 3. The molecular weight excluding hydrogens is 364 g/mol. The minimum Gasteiger partial charge on any atom is -0.396 e. The van der Waals surface area contributed by atoms with E-state index in [1.54, 1.807) is 0 Å². The van der Waals surface area contributed by atoms with Crippen molar-refractivity contribution in [3.05, 3.63) is 29.8 Å². The Hall–Kier alpha value is -1.15. The van der Waals surface area contributed by atoms with Gasteiger partial charge in [0.05, 0.1) is 0 Å². The molecule has 0 unspecified atom stereocenters. The SMILES string of the molecule is C.CCSC(N)=NC(=S)Cc1ccc(N2CCN(CCCO)CC2)cc1. The smallest absolute Gasteiger partial charge is 0.159 e. The number of aliphatic imine (C=N–C) groups is 1. The highest BCUT2D eigenvalue weighted by atomic mass is 32.2. The molecule has 1 heterocycles. The third-order valence-corrected chi connectivity index (χ3v) is 5.10. The normalized spacial score (nSPS) is 15.6. The van der Waals surface area contributed by atoms with Crippen LogP contribution in [0.3, 0.4) is 0 Å². The first-order valence-electron chi connectivity index (χ1n) is 8.79. The van der Waals surface area contributed by atoms with Crippen LogP contribution in [0.2, 0.25) is 0 Å². The van der Waals surface area contributed by atoms with Gasteiger partial charge < -0.3 is 15.7 Å². The lowest BCUT2D eigenvalue weighted by molar-refractivity contribution is 0.216. The number of thiocarbonyl (C=S) groups is 1. The Labute approximate surface area is 167 Å². The lowest BCUT2D eigenvalue weighted by Crippen LogP contribution is -2.46. The largest absolute Gasteiger partial charge is 0.396 e. The molecule has 0 spiro atoms. The van der Waals surface area contributed by atoms with Gasteiger partial charge in [0.1, 0.15) is 4.99 Å². The van der Waals surface area contributed by atoms with E-state index in [2.05, 4.69) is 39.1 Å². The summed E-state index contributed by atoms with van der Waals surface area (Å²) in [7, 11) is 0. The first-order chi connectivity index (χ1) is 12.1. The number of thioether (sulfide) groups is 1. The highest BCUT2D eigenvalue weighted by Crippen LogP contribution is 2.18. The molecule has 0 saturated carbocycles. The molecule has 5 nitrogen and oxygen atoms in total. The minimum atomic E-state index is 0. The summed E-state index contributed by atoms with van der Waals surface area (Å²) < 4.78 is 0. The molecule has 0 amide bonds. The fourth-order valence-corrected chi connectivity index (χ4v) is 3.66. The topological polar surface area (TPSA) is 65.1 Å². The summed E-state index contributed by atoms with van der Waals surface area (Å²) in [5.74, 6) is 0.903. The van der Waals surface area contributed by atoms with Gasteiger partial charge in [-0.25, -0.2) is 4.99 Å². The van der Waals surface area contributed by atoms with Gasteiger partial charge in [0.2, 0.25) is 0 Å². The third-order valence-electron chi connectivity index (χ3n) is 4.19. The van der Waals surface area contributed by atoms with Gasteiger partial charge in [-0.1, -0.05) is 50.5 Å². The molecular formula is C19H32N4OS2. The molecule has 0 aliphatic carbocycles. The van der Waals surface area contributed by atoms with E-state index in [1.165, 1.54) is 17.4 Å². The van der Waals surface area contributed by atoms with Crippen molar-refractivity contribution < 1.29 is 5.11 Å². The van der Waals surface area contributed by atoms with Gasteiger partial charge >= 0.3 is 0 Å². The maximum atomic E-state index is 8.93. The van der Waals surface area contributed by atoms with Crippen LogP contribution >= 0.6 is 24.0 Å². The van der Waals surface area contributed by atoms with Crippen LogP contribution in [-0.2, 0) is 6.42 Å². The van der Waals surface area contributed by atoms with Crippen LogP contribution in [0.5, 0.6) is 0 Å². The molecule has 1 aromatic rings. The van der Waals surface area contributed by atoms with E-state index in [-0.39, 0.29) is 14.0 Å². The summed E-state index contributed by atoms with van der Waals surface area (Å²) in [4.78, 5) is 9.71. The predicted molar refractivity (Wildman–Crippen MR) is 120 cm³/mol. The van der Waals surface area contributed by atoms with Gasteiger partial charge in [0.15, 0.2) is 5.17 Å². The van der Waals surface area contributed by atoms with E-state index in [0.29, 0.717) is 16.6 Å². The van der Waals surface area contributed by atoms with Gasteiger partial charge in [-0.15, -0.1) is 0 Å². The summed E-state index contributed by atoms with van der Waals surface area (Å²) in [5, 5.41) is 9.47. The molecule has 1 aromatic carbocycles. The van der Waals surface area contributed by atoms with Gasteiger partial charge in [-0.05, 0) is 29.9 Å². The van der Waals surface area contributed by atoms with Crippen LogP contribution in [0.15, 0.2) is 29.3 Å². The molecule has 0 bridgehead atoms. The molecule has 26 heavy (non-hydrogen) atoms. The standard InChI is InChI=1S/C18H28N4OS2.CH4/c1-2-25-18(19)20-17(24)14-15-4-6-16(7-5-15)22-11-9-21(10-12-22)8-3-13-23;/h4-7,23H,2-3,8-14H2,1H3,(H2,19,20,24);1H4. The summed E-state index contributed by atoms with van der Waals surface area (Å²) in [5.41, 5.74) is 8.21. The number of benzene rings is 1. The number of piperazine rings is 1. The van der Waals surface area contributed by atoms with Crippen LogP contribution in [0.25, 0.3) is 0 Å². The maximum Gasteiger partial charge on any atom is 0.159 e. The van der Waals surface area contributed by atoms with Gasteiger partial charge in [-0.3, -0.25) is 4.90 Å². The fourth-order valence-electron chi connectivity index (χ4n) is 2.87. The number of anilines is 1. The first kappa shape index (κ1) is 22.9. The molecule has 1 saturated heterocycles. The summed E-state index contributed by atoms with van der Waals surface area (Å²) in [6, 6.07) is 8.57. The average Bonchev–Trinajstić information content (AvgIpc) is 2.61. The van der Waals surface area contributed by atoms with Crippen LogP contribution < -0.4 is 10.6 Å². The van der Waals surface area contributed by atoms with Crippen LogP contribution in [0.4, 0.5) is 5.69 Å². The van der Waals surface area contributed by atoms with Crippen molar-refractivity contribution in [2.75, 3.05) is 50.0 Å². The predicted octanol–water partition coefficient (Wildman–Crippen LogP) is 2.76. The Morgan fingerprint density at radius 3 is 2.46 bits per heavy atom.